The van der Waals surface area contributed by atoms with Crippen LogP contribution in [0.25, 0.3) is 0 Å². The molecule has 1 heterocycles. The summed E-state index contributed by atoms with van der Waals surface area (Å²) in [6, 6.07) is 5.97. The highest BCUT2D eigenvalue weighted by Crippen LogP contribution is 2.36. The number of nitrogens with one attached hydrogen (secondary N) is 1. The number of ether oxygens (including phenoxy) is 2. The number of aromatic nitrogens is 2. The van der Waals surface area contributed by atoms with Crippen LogP contribution in [0.5, 0.6) is 11.5 Å². The predicted molar refractivity (Wildman–Crippen MR) is 85.8 cm³/mol. The molecule has 1 aromatic carbocycles. The van der Waals surface area contributed by atoms with Gasteiger partial charge in [-0.3, -0.25) is 4.68 Å². The summed E-state index contributed by atoms with van der Waals surface area (Å²) in [5, 5.41) is 7.60. The summed E-state index contributed by atoms with van der Waals surface area (Å²) in [7, 11) is 3.28. The molecule has 2 aromatic rings. The molecule has 0 aliphatic rings. The van der Waals surface area contributed by atoms with Crippen LogP contribution in [0, 0.1) is 0 Å². The Hall–Kier alpha value is -1.53. The summed E-state index contributed by atoms with van der Waals surface area (Å²) in [5.74, 6) is 1.46. The lowest BCUT2D eigenvalue weighted by atomic mass is 10.2. The molecule has 1 aromatic heterocycles. The maximum atomic E-state index is 5.34. The van der Waals surface area contributed by atoms with Crippen LogP contribution < -0.4 is 14.8 Å². The van der Waals surface area contributed by atoms with Crippen LogP contribution in [0.15, 0.2) is 35.1 Å². The van der Waals surface area contributed by atoms with Crippen molar-refractivity contribution in [3.63, 3.8) is 0 Å². The van der Waals surface area contributed by atoms with Crippen molar-refractivity contribution >= 4 is 15.9 Å². The van der Waals surface area contributed by atoms with Gasteiger partial charge in [0, 0.05) is 25.5 Å². The minimum Gasteiger partial charge on any atom is -0.493 e. The average molecular weight is 354 g/mol. The molecular formula is C15H20BrN3O2. The molecule has 0 unspecified atom stereocenters. The first-order valence-electron chi connectivity index (χ1n) is 6.83. The number of rotatable bonds is 8. The molecule has 0 bridgehead atoms. The molecule has 0 aliphatic heterocycles. The average Bonchev–Trinajstić information content (AvgIpc) is 2.99. The van der Waals surface area contributed by atoms with Crippen molar-refractivity contribution in [1.29, 1.82) is 0 Å². The normalized spacial score (nSPS) is 10.6. The van der Waals surface area contributed by atoms with E-state index in [1.54, 1.807) is 20.4 Å². The third-order valence-electron chi connectivity index (χ3n) is 3.12. The summed E-state index contributed by atoms with van der Waals surface area (Å²) in [6.07, 6.45) is 4.82. The number of hydrogen-bond donors (Lipinski definition) is 1. The van der Waals surface area contributed by atoms with Crippen LogP contribution in [0.1, 0.15) is 12.0 Å². The third-order valence-corrected chi connectivity index (χ3v) is 3.71. The molecule has 0 aliphatic carbocycles. The molecule has 0 fully saturated rings. The summed E-state index contributed by atoms with van der Waals surface area (Å²) in [5.41, 5.74) is 1.15. The lowest BCUT2D eigenvalue weighted by Crippen LogP contribution is -2.16. The molecule has 0 radical (unpaired) electrons. The maximum Gasteiger partial charge on any atom is 0.174 e. The SMILES string of the molecule is COc1cc(CNCCCn2cccn2)cc(Br)c1OC. The fourth-order valence-electron chi connectivity index (χ4n) is 2.10. The number of nitrogens with zero attached hydrogens (tertiary/aromatic N) is 2. The second-order valence-electron chi connectivity index (χ2n) is 4.61. The number of aryl methyl sites for hydroxylation is 1. The van der Waals surface area contributed by atoms with Gasteiger partial charge in [-0.05, 0) is 52.7 Å². The number of methoxy groups -OCH3 is 2. The molecule has 1 N–H and O–H groups in total. The Morgan fingerprint density at radius 1 is 1.29 bits per heavy atom. The van der Waals surface area contributed by atoms with Gasteiger partial charge < -0.3 is 14.8 Å². The minimum absolute atomic E-state index is 0.722. The Kier molecular flexibility index (Phi) is 6.07. The van der Waals surface area contributed by atoms with Crippen LogP contribution in [-0.4, -0.2) is 30.5 Å². The lowest BCUT2D eigenvalue weighted by molar-refractivity contribution is 0.352. The monoisotopic (exact) mass is 353 g/mol. The lowest BCUT2D eigenvalue weighted by Gasteiger charge is -2.12. The number of halogens is 1. The zero-order chi connectivity index (χ0) is 15.1. The van der Waals surface area contributed by atoms with Crippen molar-refractivity contribution in [2.24, 2.45) is 0 Å². The second-order valence-corrected chi connectivity index (χ2v) is 5.47. The van der Waals surface area contributed by atoms with E-state index in [1.165, 1.54) is 0 Å². The fourth-order valence-corrected chi connectivity index (χ4v) is 2.76. The number of benzene rings is 1. The standard InChI is InChI=1S/C15H20BrN3O2/c1-20-14-10-12(9-13(16)15(14)21-2)11-17-5-3-7-19-8-4-6-18-19/h4,6,8-10,17H,3,5,7,11H2,1-2H3. The van der Waals surface area contributed by atoms with Crippen LogP contribution >= 0.6 is 15.9 Å². The highest BCUT2D eigenvalue weighted by molar-refractivity contribution is 9.10. The Balaban J connectivity index is 1.81. The van der Waals surface area contributed by atoms with Crippen LogP contribution in [0.4, 0.5) is 0 Å². The summed E-state index contributed by atoms with van der Waals surface area (Å²) < 4.78 is 13.5. The quantitative estimate of drug-likeness (QED) is 0.741. The van der Waals surface area contributed by atoms with Crippen molar-refractivity contribution in [3.05, 3.63) is 40.6 Å². The van der Waals surface area contributed by atoms with Crippen LogP contribution in [-0.2, 0) is 13.1 Å². The molecule has 114 valence electrons. The first-order valence-corrected chi connectivity index (χ1v) is 7.62. The van der Waals surface area contributed by atoms with E-state index < -0.39 is 0 Å². The van der Waals surface area contributed by atoms with Gasteiger partial charge in [0.2, 0.25) is 0 Å². The predicted octanol–water partition coefficient (Wildman–Crippen LogP) is 2.84. The molecule has 6 heteroatoms. The van der Waals surface area contributed by atoms with Crippen LogP contribution in [0.2, 0.25) is 0 Å². The maximum absolute atomic E-state index is 5.34. The van der Waals surface area contributed by atoms with Gasteiger partial charge in [0.1, 0.15) is 0 Å². The molecule has 21 heavy (non-hydrogen) atoms. The summed E-state index contributed by atoms with van der Waals surface area (Å²) >= 11 is 3.50. The molecule has 0 spiro atoms. The van der Waals surface area contributed by atoms with Crippen molar-refractivity contribution in [3.8, 4) is 11.5 Å². The van der Waals surface area contributed by atoms with Gasteiger partial charge >= 0.3 is 0 Å². The van der Waals surface area contributed by atoms with Gasteiger partial charge in [-0.15, -0.1) is 0 Å². The Morgan fingerprint density at radius 2 is 2.14 bits per heavy atom. The molecule has 5 nitrogen and oxygen atoms in total. The molecular weight excluding hydrogens is 334 g/mol. The molecule has 0 atom stereocenters. The topological polar surface area (TPSA) is 48.3 Å². The van der Waals surface area contributed by atoms with Gasteiger partial charge in [0.05, 0.1) is 18.7 Å². The summed E-state index contributed by atoms with van der Waals surface area (Å²) in [6.45, 7) is 2.65. The first kappa shape index (κ1) is 15.9. The van der Waals surface area contributed by atoms with E-state index in [0.717, 1.165) is 47.6 Å². The molecule has 2 rings (SSSR count). The van der Waals surface area contributed by atoms with Gasteiger partial charge in [-0.25, -0.2) is 0 Å². The molecule has 0 saturated heterocycles. The van der Waals surface area contributed by atoms with E-state index in [9.17, 15) is 0 Å². The van der Waals surface area contributed by atoms with E-state index in [-0.39, 0.29) is 0 Å². The zero-order valence-corrected chi connectivity index (χ0v) is 13.9. The van der Waals surface area contributed by atoms with Crippen molar-refractivity contribution in [1.82, 2.24) is 15.1 Å². The van der Waals surface area contributed by atoms with Gasteiger partial charge in [-0.1, -0.05) is 0 Å². The largest absolute Gasteiger partial charge is 0.493 e. The van der Waals surface area contributed by atoms with E-state index in [4.69, 9.17) is 9.47 Å². The Morgan fingerprint density at radius 3 is 2.81 bits per heavy atom. The van der Waals surface area contributed by atoms with Crippen LogP contribution in [0.3, 0.4) is 0 Å². The van der Waals surface area contributed by atoms with E-state index in [2.05, 4.69) is 26.3 Å². The zero-order valence-electron chi connectivity index (χ0n) is 12.3. The van der Waals surface area contributed by atoms with Crippen molar-refractivity contribution < 1.29 is 9.47 Å². The molecule has 0 amide bonds. The third kappa shape index (κ3) is 4.47. The van der Waals surface area contributed by atoms with Gasteiger partial charge in [0.25, 0.3) is 0 Å². The smallest absolute Gasteiger partial charge is 0.174 e. The first-order chi connectivity index (χ1) is 10.2. The Bertz CT molecular complexity index is 558. The van der Waals surface area contributed by atoms with E-state index >= 15 is 0 Å². The minimum atomic E-state index is 0.722. The van der Waals surface area contributed by atoms with Crippen molar-refractivity contribution in [2.45, 2.75) is 19.5 Å². The van der Waals surface area contributed by atoms with E-state index in [0.29, 0.717) is 0 Å². The Labute approximate surface area is 133 Å². The summed E-state index contributed by atoms with van der Waals surface area (Å²) in [4.78, 5) is 0. The van der Waals surface area contributed by atoms with Crippen molar-refractivity contribution in [2.75, 3.05) is 20.8 Å². The highest BCUT2D eigenvalue weighted by Gasteiger charge is 2.10. The van der Waals surface area contributed by atoms with Gasteiger partial charge in [-0.2, -0.15) is 5.10 Å². The van der Waals surface area contributed by atoms with Gasteiger partial charge in [0.15, 0.2) is 11.5 Å². The molecule has 0 saturated carbocycles. The van der Waals surface area contributed by atoms with E-state index in [1.807, 2.05) is 29.1 Å². The fraction of sp³-hybridized carbons (Fsp3) is 0.400. The second kappa shape index (κ2) is 8.05. The highest BCUT2D eigenvalue weighted by atomic mass is 79.9. The number of hydrogen-bond acceptors (Lipinski definition) is 4.